The van der Waals surface area contributed by atoms with E-state index < -0.39 is 6.04 Å². The summed E-state index contributed by atoms with van der Waals surface area (Å²) in [6.07, 6.45) is 0. The quantitative estimate of drug-likeness (QED) is 0.431. The lowest BCUT2D eigenvalue weighted by Crippen LogP contribution is -2.27. The van der Waals surface area contributed by atoms with Crippen LogP contribution >= 0.6 is 0 Å². The monoisotopic (exact) mass is 171 g/mol. The first-order valence-corrected chi connectivity index (χ1v) is 3.86. The zero-order valence-corrected chi connectivity index (χ0v) is 7.20. The average Bonchev–Trinajstić information content (AvgIpc) is 2.36. The van der Waals surface area contributed by atoms with Gasteiger partial charge in [-0.3, -0.25) is 14.6 Å². The molecule has 5 nitrogen and oxygen atoms in total. The van der Waals surface area contributed by atoms with Crippen molar-refractivity contribution in [3.05, 3.63) is 0 Å². The number of amidine groups is 1. The number of nitrogens with one attached hydrogen (secondary N) is 1. The van der Waals surface area contributed by atoms with E-state index in [4.69, 9.17) is 5.73 Å². The van der Waals surface area contributed by atoms with Gasteiger partial charge in [-0.05, 0) is 0 Å². The maximum Gasteiger partial charge on any atom is 0.270 e. The predicted molar refractivity (Wildman–Crippen MR) is 44.3 cm³/mol. The molecule has 0 aromatic carbocycles. The summed E-state index contributed by atoms with van der Waals surface area (Å²) in [5.41, 5.74) is 7.79. The van der Waals surface area contributed by atoms with Crippen LogP contribution in [-0.2, 0) is 9.63 Å². The second-order valence-electron chi connectivity index (χ2n) is 3.00. The summed E-state index contributed by atoms with van der Waals surface area (Å²) >= 11 is 0. The van der Waals surface area contributed by atoms with Gasteiger partial charge < -0.3 is 5.73 Å². The number of hydrogen-bond acceptors (Lipinski definition) is 3. The van der Waals surface area contributed by atoms with Crippen LogP contribution in [0.3, 0.4) is 0 Å². The summed E-state index contributed by atoms with van der Waals surface area (Å²) in [5, 5.41) is 0. The first-order chi connectivity index (χ1) is 5.61. The largest absolute Gasteiger partial charge is 0.387 e. The van der Waals surface area contributed by atoms with Crippen LogP contribution in [0, 0.1) is 5.92 Å². The van der Waals surface area contributed by atoms with Crippen molar-refractivity contribution in [2.45, 2.75) is 19.9 Å². The average molecular weight is 171 g/mol. The Morgan fingerprint density at radius 2 is 2.50 bits per heavy atom. The molecule has 1 aliphatic heterocycles. The third kappa shape index (κ3) is 1.94. The van der Waals surface area contributed by atoms with Crippen molar-refractivity contribution < 1.29 is 9.63 Å². The lowest BCUT2D eigenvalue weighted by Gasteiger charge is -2.05. The molecule has 1 saturated heterocycles. The van der Waals surface area contributed by atoms with E-state index in [0.29, 0.717) is 5.84 Å². The fourth-order valence-electron chi connectivity index (χ4n) is 0.760. The van der Waals surface area contributed by atoms with Gasteiger partial charge in [0, 0.05) is 5.92 Å². The Balaban J connectivity index is 2.59. The fourth-order valence-corrected chi connectivity index (χ4v) is 0.760. The third-order valence-electron chi connectivity index (χ3n) is 1.61. The first-order valence-electron chi connectivity index (χ1n) is 3.86. The van der Waals surface area contributed by atoms with Gasteiger partial charge in [0.15, 0.2) is 6.04 Å². The number of aliphatic imine (C=N–C) groups is 1. The van der Waals surface area contributed by atoms with Crippen LogP contribution in [0.5, 0.6) is 0 Å². The lowest BCUT2D eigenvalue weighted by molar-refractivity contribution is -0.124. The van der Waals surface area contributed by atoms with Crippen molar-refractivity contribution in [2.24, 2.45) is 16.6 Å². The molecule has 1 amide bonds. The van der Waals surface area contributed by atoms with E-state index in [1.165, 1.54) is 0 Å². The lowest BCUT2D eigenvalue weighted by atomic mass is 10.2. The molecule has 0 spiro atoms. The van der Waals surface area contributed by atoms with Gasteiger partial charge >= 0.3 is 0 Å². The highest BCUT2D eigenvalue weighted by Gasteiger charge is 2.25. The molecule has 0 aliphatic carbocycles. The molecule has 0 saturated carbocycles. The van der Waals surface area contributed by atoms with E-state index in [0.717, 1.165) is 0 Å². The molecule has 3 N–H and O–H groups in total. The van der Waals surface area contributed by atoms with E-state index >= 15 is 0 Å². The van der Waals surface area contributed by atoms with Crippen LogP contribution < -0.4 is 11.2 Å². The van der Waals surface area contributed by atoms with Gasteiger partial charge in [-0.25, -0.2) is 5.48 Å². The van der Waals surface area contributed by atoms with Crippen LogP contribution in [0.25, 0.3) is 0 Å². The molecule has 12 heavy (non-hydrogen) atoms. The number of hydrogen-bond donors (Lipinski definition) is 2. The van der Waals surface area contributed by atoms with E-state index in [-0.39, 0.29) is 18.4 Å². The number of rotatable bonds is 2. The summed E-state index contributed by atoms with van der Waals surface area (Å²) < 4.78 is 0. The van der Waals surface area contributed by atoms with Crippen molar-refractivity contribution in [3.8, 4) is 0 Å². The van der Waals surface area contributed by atoms with Crippen molar-refractivity contribution in [1.29, 1.82) is 0 Å². The van der Waals surface area contributed by atoms with E-state index in [9.17, 15) is 4.79 Å². The standard InChI is InChI=1S/C7H13N3O2/c1-4(2)6(8)9-5-3-12-10-7(5)11/h4-5H,3H2,1-2H3,(H2,8,9)(H,10,11). The minimum atomic E-state index is -0.465. The highest BCUT2D eigenvalue weighted by Crippen LogP contribution is 2.02. The van der Waals surface area contributed by atoms with Gasteiger partial charge in [0.25, 0.3) is 5.91 Å². The summed E-state index contributed by atoms with van der Waals surface area (Å²) in [5.74, 6) is 0.428. The van der Waals surface area contributed by atoms with Gasteiger partial charge in [-0.1, -0.05) is 13.8 Å². The molecule has 1 rings (SSSR count). The summed E-state index contributed by atoms with van der Waals surface area (Å²) in [6.45, 7) is 4.12. The highest BCUT2D eigenvalue weighted by atomic mass is 16.7. The number of carbonyl (C=O) groups is 1. The van der Waals surface area contributed by atoms with Crippen molar-refractivity contribution >= 4 is 11.7 Å². The van der Waals surface area contributed by atoms with Gasteiger partial charge in [-0.2, -0.15) is 0 Å². The molecule has 0 aromatic rings. The molecule has 68 valence electrons. The Labute approximate surface area is 70.9 Å². The summed E-state index contributed by atoms with van der Waals surface area (Å²) in [7, 11) is 0. The number of hydroxylamine groups is 1. The van der Waals surface area contributed by atoms with Crippen LogP contribution in [0.15, 0.2) is 4.99 Å². The normalized spacial score (nSPS) is 24.8. The molecular formula is C7H13N3O2. The Morgan fingerprint density at radius 3 is 2.92 bits per heavy atom. The Bertz CT molecular complexity index is 213. The molecule has 0 aromatic heterocycles. The predicted octanol–water partition coefficient (Wildman–Crippen LogP) is -0.570. The summed E-state index contributed by atoms with van der Waals surface area (Å²) in [6, 6.07) is -0.465. The van der Waals surface area contributed by atoms with Crippen LogP contribution in [0.2, 0.25) is 0 Å². The second kappa shape index (κ2) is 3.53. The van der Waals surface area contributed by atoms with E-state index in [1.54, 1.807) is 0 Å². The zero-order chi connectivity index (χ0) is 9.14. The van der Waals surface area contributed by atoms with Crippen LogP contribution in [0.1, 0.15) is 13.8 Å². The number of nitrogens with two attached hydrogens (primary N) is 1. The third-order valence-corrected chi connectivity index (χ3v) is 1.61. The second-order valence-corrected chi connectivity index (χ2v) is 3.00. The maximum atomic E-state index is 10.9. The first kappa shape index (κ1) is 8.99. The van der Waals surface area contributed by atoms with Gasteiger partial charge in [0.1, 0.15) is 6.61 Å². The van der Waals surface area contributed by atoms with Crippen LogP contribution in [-0.4, -0.2) is 24.4 Å². The number of carbonyl (C=O) groups excluding carboxylic acids is 1. The Kier molecular flexibility index (Phi) is 2.65. The van der Waals surface area contributed by atoms with E-state index in [1.807, 2.05) is 13.8 Å². The fraction of sp³-hybridized carbons (Fsp3) is 0.714. The zero-order valence-electron chi connectivity index (χ0n) is 7.20. The summed E-state index contributed by atoms with van der Waals surface area (Å²) in [4.78, 5) is 19.6. The Hall–Kier alpha value is -1.10. The van der Waals surface area contributed by atoms with Crippen molar-refractivity contribution in [1.82, 2.24) is 5.48 Å². The van der Waals surface area contributed by atoms with E-state index in [2.05, 4.69) is 15.3 Å². The topological polar surface area (TPSA) is 76.7 Å². The molecule has 1 atom stereocenters. The van der Waals surface area contributed by atoms with Gasteiger partial charge in [0.2, 0.25) is 0 Å². The SMILES string of the molecule is CC(C)C(N)=NC1CONC1=O. The molecule has 0 bridgehead atoms. The van der Waals surface area contributed by atoms with Crippen molar-refractivity contribution in [3.63, 3.8) is 0 Å². The minimum absolute atomic E-state index is 0.165. The Morgan fingerprint density at radius 1 is 1.83 bits per heavy atom. The molecule has 1 heterocycles. The molecular weight excluding hydrogens is 158 g/mol. The maximum absolute atomic E-state index is 10.9. The van der Waals surface area contributed by atoms with Gasteiger partial charge in [-0.15, -0.1) is 0 Å². The minimum Gasteiger partial charge on any atom is -0.387 e. The smallest absolute Gasteiger partial charge is 0.270 e. The molecule has 5 heteroatoms. The molecule has 1 fully saturated rings. The van der Waals surface area contributed by atoms with Crippen LogP contribution in [0.4, 0.5) is 0 Å². The number of nitrogens with zero attached hydrogens (tertiary/aromatic N) is 1. The molecule has 1 unspecified atom stereocenters. The van der Waals surface area contributed by atoms with Gasteiger partial charge in [0.05, 0.1) is 5.84 Å². The molecule has 1 aliphatic rings. The molecule has 0 radical (unpaired) electrons. The highest BCUT2D eigenvalue weighted by molar-refractivity contribution is 5.88. The van der Waals surface area contributed by atoms with Crippen molar-refractivity contribution in [2.75, 3.05) is 6.61 Å². The number of amides is 1.